The van der Waals surface area contributed by atoms with Gasteiger partial charge in [-0.2, -0.15) is 9.61 Å². The standard InChI is InChI=1S/C18H19BrClFN6/c19-13-9-23-27-17(25-12-5-6-15(21)14(20)7-12)8-16(26-18(13)27)24-11-3-1-10(22)2-4-11/h5-11,25H,1-4,22H2,(H,24,26). The molecule has 27 heavy (non-hydrogen) atoms. The molecule has 1 aromatic carbocycles. The van der Waals surface area contributed by atoms with Crippen molar-refractivity contribution in [1.82, 2.24) is 14.6 Å². The van der Waals surface area contributed by atoms with Crippen LogP contribution in [-0.4, -0.2) is 26.7 Å². The highest BCUT2D eigenvalue weighted by molar-refractivity contribution is 9.10. The van der Waals surface area contributed by atoms with Crippen LogP contribution in [0.15, 0.2) is 34.9 Å². The summed E-state index contributed by atoms with van der Waals surface area (Å²) in [6, 6.07) is 7.02. The number of halogens is 3. The number of hydrogen-bond donors (Lipinski definition) is 3. The van der Waals surface area contributed by atoms with Crippen LogP contribution in [0.25, 0.3) is 5.65 Å². The zero-order valence-corrected chi connectivity index (χ0v) is 16.8. The maximum absolute atomic E-state index is 13.4. The first-order valence-electron chi connectivity index (χ1n) is 8.78. The van der Waals surface area contributed by atoms with Gasteiger partial charge < -0.3 is 16.4 Å². The van der Waals surface area contributed by atoms with Crippen molar-refractivity contribution in [3.05, 3.63) is 45.8 Å². The predicted octanol–water partition coefficient (Wildman–Crippen LogP) is 4.71. The minimum Gasteiger partial charge on any atom is -0.367 e. The van der Waals surface area contributed by atoms with Gasteiger partial charge in [-0.15, -0.1) is 0 Å². The average Bonchev–Trinajstić information content (AvgIpc) is 3.02. The molecule has 4 N–H and O–H groups in total. The van der Waals surface area contributed by atoms with Gasteiger partial charge in [0.2, 0.25) is 0 Å². The summed E-state index contributed by atoms with van der Waals surface area (Å²) >= 11 is 9.38. The van der Waals surface area contributed by atoms with Crippen LogP contribution in [0.5, 0.6) is 0 Å². The van der Waals surface area contributed by atoms with Crippen molar-refractivity contribution in [3.63, 3.8) is 0 Å². The van der Waals surface area contributed by atoms with Crippen LogP contribution in [0.2, 0.25) is 5.02 Å². The molecule has 0 unspecified atom stereocenters. The zero-order chi connectivity index (χ0) is 19.0. The number of anilines is 3. The molecule has 9 heteroatoms. The van der Waals surface area contributed by atoms with Crippen LogP contribution in [0, 0.1) is 5.82 Å². The van der Waals surface area contributed by atoms with Crippen molar-refractivity contribution in [2.24, 2.45) is 5.73 Å². The van der Waals surface area contributed by atoms with Gasteiger partial charge in [0.1, 0.15) is 17.5 Å². The van der Waals surface area contributed by atoms with Gasteiger partial charge in [0.25, 0.3) is 0 Å². The van der Waals surface area contributed by atoms with Crippen molar-refractivity contribution in [1.29, 1.82) is 0 Å². The van der Waals surface area contributed by atoms with Gasteiger partial charge in [-0.3, -0.25) is 0 Å². The minimum atomic E-state index is -0.457. The Balaban J connectivity index is 1.65. The van der Waals surface area contributed by atoms with Crippen LogP contribution in [0.1, 0.15) is 25.7 Å². The Morgan fingerprint density at radius 1 is 1.22 bits per heavy atom. The van der Waals surface area contributed by atoms with Crippen LogP contribution < -0.4 is 16.4 Å². The SMILES string of the molecule is NC1CCC(Nc2cc(Nc3ccc(F)c(Cl)c3)n3ncc(Br)c3n2)CC1. The van der Waals surface area contributed by atoms with Gasteiger partial charge in [0.05, 0.1) is 15.7 Å². The molecule has 6 nitrogen and oxygen atoms in total. The first-order valence-corrected chi connectivity index (χ1v) is 9.95. The molecule has 2 aromatic heterocycles. The molecule has 1 aliphatic rings. The smallest absolute Gasteiger partial charge is 0.173 e. The summed E-state index contributed by atoms with van der Waals surface area (Å²) in [5.74, 6) is 0.991. The molecule has 0 radical (unpaired) electrons. The number of rotatable bonds is 4. The topological polar surface area (TPSA) is 80.3 Å². The van der Waals surface area contributed by atoms with Gasteiger partial charge >= 0.3 is 0 Å². The average molecular weight is 454 g/mol. The lowest BCUT2D eigenvalue weighted by atomic mass is 9.92. The second-order valence-electron chi connectivity index (χ2n) is 6.76. The third-order valence-corrected chi connectivity index (χ3v) is 5.59. The molecule has 0 aliphatic heterocycles. The molecule has 0 saturated heterocycles. The molecule has 1 aliphatic carbocycles. The predicted molar refractivity (Wildman–Crippen MR) is 109 cm³/mol. The van der Waals surface area contributed by atoms with Gasteiger partial charge in [0, 0.05) is 23.8 Å². The molecule has 1 saturated carbocycles. The van der Waals surface area contributed by atoms with Crippen molar-refractivity contribution in [2.75, 3.05) is 10.6 Å². The maximum Gasteiger partial charge on any atom is 0.173 e. The Morgan fingerprint density at radius 3 is 2.74 bits per heavy atom. The molecule has 0 amide bonds. The van der Waals surface area contributed by atoms with E-state index in [4.69, 9.17) is 17.3 Å². The number of benzene rings is 1. The van der Waals surface area contributed by atoms with E-state index in [0.29, 0.717) is 29.2 Å². The van der Waals surface area contributed by atoms with Crippen LogP contribution in [0.3, 0.4) is 0 Å². The molecule has 142 valence electrons. The van der Waals surface area contributed by atoms with E-state index >= 15 is 0 Å². The number of nitrogens with two attached hydrogens (primary N) is 1. The van der Waals surface area contributed by atoms with E-state index in [1.807, 2.05) is 6.07 Å². The lowest BCUT2D eigenvalue weighted by molar-refractivity contribution is 0.410. The summed E-state index contributed by atoms with van der Waals surface area (Å²) in [7, 11) is 0. The van der Waals surface area contributed by atoms with Crippen molar-refractivity contribution in [2.45, 2.75) is 37.8 Å². The van der Waals surface area contributed by atoms with Crippen LogP contribution in [-0.2, 0) is 0 Å². The molecule has 0 bridgehead atoms. The third kappa shape index (κ3) is 4.02. The van der Waals surface area contributed by atoms with E-state index in [2.05, 4.69) is 36.6 Å². The summed E-state index contributed by atoms with van der Waals surface area (Å²) in [4.78, 5) is 4.67. The second-order valence-corrected chi connectivity index (χ2v) is 8.03. The molecule has 0 atom stereocenters. The van der Waals surface area contributed by atoms with E-state index in [0.717, 1.165) is 36.0 Å². The zero-order valence-electron chi connectivity index (χ0n) is 14.4. The molecule has 4 rings (SSSR count). The lowest BCUT2D eigenvalue weighted by Crippen LogP contribution is -2.33. The first kappa shape index (κ1) is 18.5. The van der Waals surface area contributed by atoms with E-state index in [-0.39, 0.29) is 5.02 Å². The molecule has 1 fully saturated rings. The second kappa shape index (κ2) is 7.61. The Labute approximate surface area is 169 Å². The number of hydrogen-bond acceptors (Lipinski definition) is 5. The Morgan fingerprint density at radius 2 is 2.00 bits per heavy atom. The Hall–Kier alpha value is -1.90. The Bertz CT molecular complexity index is 970. The number of nitrogens with one attached hydrogen (secondary N) is 2. The van der Waals surface area contributed by atoms with E-state index in [1.165, 1.54) is 12.1 Å². The highest BCUT2D eigenvalue weighted by atomic mass is 79.9. The summed E-state index contributed by atoms with van der Waals surface area (Å²) in [6.45, 7) is 0. The highest BCUT2D eigenvalue weighted by Gasteiger charge is 2.20. The number of nitrogens with zero attached hydrogens (tertiary/aromatic N) is 3. The fraction of sp³-hybridized carbons (Fsp3) is 0.333. The molecular formula is C18H19BrClFN6. The Kier molecular flexibility index (Phi) is 5.21. The van der Waals surface area contributed by atoms with E-state index < -0.39 is 5.82 Å². The van der Waals surface area contributed by atoms with Crippen molar-refractivity contribution in [3.8, 4) is 0 Å². The first-order chi connectivity index (χ1) is 13.0. The van der Waals surface area contributed by atoms with Gasteiger partial charge in [-0.05, 0) is 59.8 Å². The lowest BCUT2D eigenvalue weighted by Gasteiger charge is -2.27. The largest absolute Gasteiger partial charge is 0.367 e. The number of aromatic nitrogens is 3. The molecule has 0 spiro atoms. The van der Waals surface area contributed by atoms with Crippen LogP contribution in [0.4, 0.5) is 21.7 Å². The van der Waals surface area contributed by atoms with E-state index in [9.17, 15) is 4.39 Å². The quantitative estimate of drug-likeness (QED) is 0.533. The van der Waals surface area contributed by atoms with Crippen LogP contribution >= 0.6 is 27.5 Å². The summed E-state index contributed by atoms with van der Waals surface area (Å²) in [6.07, 6.45) is 5.75. The fourth-order valence-electron chi connectivity index (χ4n) is 3.29. The van der Waals surface area contributed by atoms with Gasteiger partial charge in [-0.25, -0.2) is 9.37 Å². The molecule has 2 heterocycles. The third-order valence-electron chi connectivity index (χ3n) is 4.74. The summed E-state index contributed by atoms with van der Waals surface area (Å²) in [5.41, 5.74) is 7.34. The van der Waals surface area contributed by atoms with Gasteiger partial charge in [0.15, 0.2) is 5.65 Å². The molecular weight excluding hydrogens is 435 g/mol. The van der Waals surface area contributed by atoms with E-state index in [1.54, 1.807) is 16.8 Å². The maximum atomic E-state index is 13.4. The number of fused-ring (bicyclic) bond motifs is 1. The highest BCUT2D eigenvalue weighted by Crippen LogP contribution is 2.28. The van der Waals surface area contributed by atoms with Crippen molar-refractivity contribution < 1.29 is 4.39 Å². The summed E-state index contributed by atoms with van der Waals surface area (Å²) in [5, 5.41) is 11.1. The van der Waals surface area contributed by atoms with Gasteiger partial charge in [-0.1, -0.05) is 11.6 Å². The summed E-state index contributed by atoms with van der Waals surface area (Å²) < 4.78 is 15.9. The minimum absolute atomic E-state index is 0.0591. The van der Waals surface area contributed by atoms with Crippen molar-refractivity contribution >= 4 is 50.5 Å². The fourth-order valence-corrected chi connectivity index (χ4v) is 3.82. The monoisotopic (exact) mass is 452 g/mol. The molecule has 3 aromatic rings. The normalized spacial score (nSPS) is 20.0.